The van der Waals surface area contributed by atoms with Gasteiger partial charge in [0.25, 0.3) is 5.91 Å². The van der Waals surface area contributed by atoms with E-state index in [0.29, 0.717) is 55.1 Å². The molecule has 8 heteroatoms. The van der Waals surface area contributed by atoms with Crippen LogP contribution in [0.25, 0.3) is 0 Å². The van der Waals surface area contributed by atoms with E-state index in [1.165, 1.54) is 0 Å². The fourth-order valence-corrected chi connectivity index (χ4v) is 4.72. The summed E-state index contributed by atoms with van der Waals surface area (Å²) in [5, 5.41) is 2.91. The smallest absolute Gasteiger partial charge is 0.257 e. The lowest BCUT2D eigenvalue weighted by Gasteiger charge is -2.48. The second-order valence-corrected chi connectivity index (χ2v) is 8.49. The lowest BCUT2D eigenvalue weighted by Crippen LogP contribution is -2.62. The van der Waals surface area contributed by atoms with Crippen molar-refractivity contribution in [3.8, 4) is 11.5 Å². The number of fused-ring (bicyclic) bond motifs is 3. The van der Waals surface area contributed by atoms with Crippen LogP contribution in [0.1, 0.15) is 48.5 Å². The average molecular weight is 452 g/mol. The second kappa shape index (κ2) is 9.13. The van der Waals surface area contributed by atoms with Gasteiger partial charge >= 0.3 is 0 Å². The van der Waals surface area contributed by atoms with Gasteiger partial charge in [-0.2, -0.15) is 0 Å². The van der Waals surface area contributed by atoms with Gasteiger partial charge in [0.05, 0.1) is 25.5 Å². The number of amides is 3. The Balaban J connectivity index is 1.37. The van der Waals surface area contributed by atoms with E-state index < -0.39 is 5.66 Å². The molecule has 0 radical (unpaired) electrons. The van der Waals surface area contributed by atoms with Crippen molar-refractivity contribution in [2.24, 2.45) is 0 Å². The van der Waals surface area contributed by atoms with Crippen molar-refractivity contribution in [2.45, 2.75) is 44.8 Å². The van der Waals surface area contributed by atoms with Crippen LogP contribution in [0.15, 0.2) is 42.5 Å². The normalized spacial score (nSPS) is 19.2. The maximum atomic E-state index is 13.2. The topological polar surface area (TPSA) is 88.2 Å². The van der Waals surface area contributed by atoms with Gasteiger partial charge in [0.15, 0.2) is 11.5 Å². The first-order valence-corrected chi connectivity index (χ1v) is 11.1. The zero-order valence-electron chi connectivity index (χ0n) is 19.2. The summed E-state index contributed by atoms with van der Waals surface area (Å²) in [7, 11) is 3.14. The van der Waals surface area contributed by atoms with Crippen molar-refractivity contribution >= 4 is 23.4 Å². The number of nitrogens with zero attached hydrogens (tertiary/aromatic N) is 2. The molecule has 1 saturated heterocycles. The highest BCUT2D eigenvalue weighted by Gasteiger charge is 2.52. The van der Waals surface area contributed by atoms with Crippen LogP contribution in [0.2, 0.25) is 0 Å². The molecule has 2 aromatic carbocycles. The fourth-order valence-electron chi connectivity index (χ4n) is 4.72. The van der Waals surface area contributed by atoms with Gasteiger partial charge in [-0.15, -0.1) is 0 Å². The molecule has 1 N–H and O–H groups in total. The summed E-state index contributed by atoms with van der Waals surface area (Å²) in [5.41, 5.74) is 1.41. The van der Waals surface area contributed by atoms with E-state index in [9.17, 15) is 14.4 Å². The molecule has 0 bridgehead atoms. The third kappa shape index (κ3) is 4.13. The van der Waals surface area contributed by atoms with Crippen molar-refractivity contribution in [1.29, 1.82) is 0 Å². The quantitative estimate of drug-likeness (QED) is 0.666. The zero-order chi connectivity index (χ0) is 23.6. The molecule has 33 heavy (non-hydrogen) atoms. The number of nitrogens with one attached hydrogen (secondary N) is 1. The Bertz CT molecular complexity index is 1090. The predicted octanol–water partition coefficient (Wildman–Crippen LogP) is 3.10. The van der Waals surface area contributed by atoms with E-state index in [0.717, 1.165) is 5.56 Å². The van der Waals surface area contributed by atoms with Gasteiger partial charge in [0.1, 0.15) is 5.66 Å². The Kier molecular flexibility index (Phi) is 6.26. The van der Waals surface area contributed by atoms with Crippen molar-refractivity contribution in [1.82, 2.24) is 10.2 Å². The van der Waals surface area contributed by atoms with Gasteiger partial charge in [-0.1, -0.05) is 18.2 Å². The highest BCUT2D eigenvalue weighted by atomic mass is 16.5. The Morgan fingerprint density at radius 2 is 1.85 bits per heavy atom. The highest BCUT2D eigenvalue weighted by molar-refractivity contribution is 6.10. The van der Waals surface area contributed by atoms with Crippen molar-refractivity contribution in [3.05, 3.63) is 53.6 Å². The number of rotatable bonds is 8. The third-order valence-electron chi connectivity index (χ3n) is 6.47. The summed E-state index contributed by atoms with van der Waals surface area (Å²) in [6.07, 6.45) is 1.77. The average Bonchev–Trinajstić information content (AvgIpc) is 3.14. The molecular weight excluding hydrogens is 422 g/mol. The van der Waals surface area contributed by atoms with Crippen LogP contribution in [0.5, 0.6) is 11.5 Å². The monoisotopic (exact) mass is 451 g/mol. The molecule has 0 spiro atoms. The van der Waals surface area contributed by atoms with Crippen LogP contribution in [-0.4, -0.2) is 49.0 Å². The number of para-hydroxylation sites is 1. The van der Waals surface area contributed by atoms with E-state index >= 15 is 0 Å². The minimum absolute atomic E-state index is 0.0233. The van der Waals surface area contributed by atoms with Gasteiger partial charge < -0.3 is 19.7 Å². The first kappa shape index (κ1) is 22.6. The van der Waals surface area contributed by atoms with Crippen LogP contribution in [0, 0.1) is 0 Å². The molecule has 0 aromatic heterocycles. The van der Waals surface area contributed by atoms with Crippen LogP contribution >= 0.6 is 0 Å². The molecule has 8 nitrogen and oxygen atoms in total. The molecule has 4 rings (SSSR count). The van der Waals surface area contributed by atoms with Crippen LogP contribution in [0.3, 0.4) is 0 Å². The molecule has 3 amide bonds. The SMILES string of the molecule is COc1ccc(CNC(=O)CCCN2C(=O)c3ccccc3N3C(=O)CCC23C)cc1OC. The van der Waals surface area contributed by atoms with Gasteiger partial charge in [0, 0.05) is 25.9 Å². The van der Waals surface area contributed by atoms with Crippen LogP contribution in [0.4, 0.5) is 5.69 Å². The maximum Gasteiger partial charge on any atom is 0.257 e. The largest absolute Gasteiger partial charge is 0.493 e. The molecule has 0 saturated carbocycles. The number of carbonyl (C=O) groups excluding carboxylic acids is 3. The van der Waals surface area contributed by atoms with Crippen LogP contribution < -0.4 is 19.7 Å². The summed E-state index contributed by atoms with van der Waals surface area (Å²) in [4.78, 5) is 41.8. The molecule has 1 unspecified atom stereocenters. The van der Waals surface area contributed by atoms with Gasteiger partial charge in [-0.25, -0.2) is 0 Å². The van der Waals surface area contributed by atoms with Gasteiger partial charge in [-0.3, -0.25) is 19.3 Å². The molecule has 2 aliphatic heterocycles. The Morgan fingerprint density at radius 3 is 2.61 bits per heavy atom. The van der Waals surface area contributed by atoms with Gasteiger partial charge in [0.2, 0.25) is 11.8 Å². The van der Waals surface area contributed by atoms with E-state index in [1.54, 1.807) is 42.2 Å². The minimum Gasteiger partial charge on any atom is -0.493 e. The second-order valence-electron chi connectivity index (χ2n) is 8.49. The summed E-state index contributed by atoms with van der Waals surface area (Å²) in [6.45, 7) is 2.70. The third-order valence-corrected chi connectivity index (χ3v) is 6.47. The standard InChI is InChI=1S/C25H29N3O5/c1-25-13-12-23(30)28(25)19-8-5-4-7-18(19)24(31)27(25)14-6-9-22(29)26-16-17-10-11-20(32-2)21(15-17)33-3/h4-5,7-8,10-11,15H,6,9,12-14,16H2,1-3H3,(H,26,29). The molecule has 1 atom stereocenters. The molecule has 2 aromatic rings. The zero-order valence-corrected chi connectivity index (χ0v) is 19.2. The van der Waals surface area contributed by atoms with E-state index in [-0.39, 0.29) is 24.1 Å². The summed E-state index contributed by atoms with van der Waals surface area (Å²) in [6, 6.07) is 12.7. The number of ether oxygens (including phenoxy) is 2. The highest BCUT2D eigenvalue weighted by Crippen LogP contribution is 2.44. The predicted molar refractivity (Wildman–Crippen MR) is 123 cm³/mol. The molecule has 2 heterocycles. The van der Waals surface area contributed by atoms with Crippen LogP contribution in [-0.2, 0) is 16.1 Å². The number of benzene rings is 2. The van der Waals surface area contributed by atoms with Crippen molar-refractivity contribution < 1.29 is 23.9 Å². The molecule has 1 fully saturated rings. The van der Waals surface area contributed by atoms with E-state index in [4.69, 9.17) is 9.47 Å². The summed E-state index contributed by atoms with van der Waals surface area (Å²) >= 11 is 0. The first-order valence-electron chi connectivity index (χ1n) is 11.1. The molecular formula is C25H29N3O5. The number of hydrogen-bond acceptors (Lipinski definition) is 5. The lowest BCUT2D eigenvalue weighted by atomic mass is 9.98. The number of anilines is 1. The molecule has 174 valence electrons. The lowest BCUT2D eigenvalue weighted by molar-refractivity contribution is -0.121. The molecule has 0 aliphatic carbocycles. The Hall–Kier alpha value is -3.55. The number of methoxy groups -OCH3 is 2. The minimum atomic E-state index is -0.696. The summed E-state index contributed by atoms with van der Waals surface area (Å²) in [5.74, 6) is 1.07. The van der Waals surface area contributed by atoms with Crippen molar-refractivity contribution in [2.75, 3.05) is 25.7 Å². The first-order chi connectivity index (χ1) is 15.9. The summed E-state index contributed by atoms with van der Waals surface area (Å²) < 4.78 is 10.5. The Morgan fingerprint density at radius 1 is 1.09 bits per heavy atom. The van der Waals surface area contributed by atoms with Crippen molar-refractivity contribution in [3.63, 3.8) is 0 Å². The van der Waals surface area contributed by atoms with E-state index in [2.05, 4.69) is 5.32 Å². The van der Waals surface area contributed by atoms with E-state index in [1.807, 2.05) is 31.2 Å². The number of hydrogen-bond donors (Lipinski definition) is 1. The maximum absolute atomic E-state index is 13.2. The van der Waals surface area contributed by atoms with Gasteiger partial charge in [-0.05, 0) is 49.6 Å². The Labute approximate surface area is 193 Å². The number of carbonyl (C=O) groups is 3. The fraction of sp³-hybridized carbons (Fsp3) is 0.400. The molecule has 2 aliphatic rings.